The van der Waals surface area contributed by atoms with E-state index >= 15 is 0 Å². The van der Waals surface area contributed by atoms with E-state index in [4.69, 9.17) is 9.15 Å². The van der Waals surface area contributed by atoms with Gasteiger partial charge in [0, 0.05) is 12.5 Å². The highest BCUT2D eigenvalue weighted by molar-refractivity contribution is 5.95. The molecule has 2 atom stereocenters. The first kappa shape index (κ1) is 13.5. The number of oxazole rings is 1. The van der Waals surface area contributed by atoms with Crippen LogP contribution in [0.5, 0.6) is 0 Å². The zero-order chi connectivity index (χ0) is 13.8. The van der Waals surface area contributed by atoms with Gasteiger partial charge in [-0.25, -0.2) is 9.78 Å². The highest BCUT2D eigenvalue weighted by Crippen LogP contribution is 2.18. The Hall–Kier alpha value is -1.89. The van der Waals surface area contributed by atoms with Gasteiger partial charge in [-0.3, -0.25) is 4.79 Å². The lowest BCUT2D eigenvalue weighted by Gasteiger charge is -2.27. The van der Waals surface area contributed by atoms with Crippen LogP contribution in [0.2, 0.25) is 0 Å². The highest BCUT2D eigenvalue weighted by Gasteiger charge is 2.32. The van der Waals surface area contributed by atoms with Crippen molar-refractivity contribution in [3.05, 3.63) is 17.8 Å². The molecular weight excluding hydrogens is 252 g/mol. The smallest absolute Gasteiger partial charge is 0.326 e. The molecule has 1 amide bonds. The lowest BCUT2D eigenvalue weighted by molar-refractivity contribution is -0.142. The van der Waals surface area contributed by atoms with Crippen molar-refractivity contribution in [2.75, 3.05) is 13.2 Å². The second-order valence-electron chi connectivity index (χ2n) is 4.52. The van der Waals surface area contributed by atoms with Crippen LogP contribution in [-0.2, 0) is 9.53 Å². The Morgan fingerprint density at radius 2 is 2.37 bits per heavy atom. The second kappa shape index (κ2) is 5.83. The van der Waals surface area contributed by atoms with Crippen molar-refractivity contribution in [1.82, 2.24) is 10.3 Å². The molecular formula is C12H16N2O5. The van der Waals surface area contributed by atoms with Gasteiger partial charge in [-0.2, -0.15) is 0 Å². The van der Waals surface area contributed by atoms with Crippen molar-refractivity contribution in [3.63, 3.8) is 0 Å². The van der Waals surface area contributed by atoms with Crippen molar-refractivity contribution < 1.29 is 23.8 Å². The number of ether oxygens (including phenoxy) is 1. The minimum Gasteiger partial charge on any atom is -0.480 e. The second-order valence-corrected chi connectivity index (χ2v) is 4.52. The number of nitrogens with one attached hydrogen (secondary N) is 1. The summed E-state index contributed by atoms with van der Waals surface area (Å²) in [5.74, 6) is -1.46. The Bertz CT molecular complexity index is 464. The van der Waals surface area contributed by atoms with E-state index in [1.165, 1.54) is 0 Å². The maximum Gasteiger partial charge on any atom is 0.326 e. The Kier molecular flexibility index (Phi) is 4.16. The number of nitrogens with zero attached hydrogens (tertiary/aromatic N) is 1. The van der Waals surface area contributed by atoms with Gasteiger partial charge in [0.1, 0.15) is 11.8 Å². The van der Waals surface area contributed by atoms with E-state index in [0.717, 1.165) is 19.2 Å². The molecule has 1 aromatic rings. The Balaban J connectivity index is 2.06. The summed E-state index contributed by atoms with van der Waals surface area (Å²) >= 11 is 0. The summed E-state index contributed by atoms with van der Waals surface area (Å²) in [7, 11) is 0. The number of amides is 1. The van der Waals surface area contributed by atoms with E-state index in [0.29, 0.717) is 19.0 Å². The molecule has 1 saturated heterocycles. The number of carboxylic acid groups (broad SMARTS) is 1. The number of hydrogen-bond acceptors (Lipinski definition) is 5. The molecule has 1 aliphatic heterocycles. The van der Waals surface area contributed by atoms with Crippen LogP contribution >= 0.6 is 0 Å². The number of rotatable bonds is 4. The van der Waals surface area contributed by atoms with E-state index < -0.39 is 17.9 Å². The maximum atomic E-state index is 11.9. The molecule has 2 N–H and O–H groups in total. The summed E-state index contributed by atoms with van der Waals surface area (Å²) in [5, 5.41) is 11.7. The Labute approximate surface area is 110 Å². The molecule has 2 heterocycles. The molecule has 0 saturated carbocycles. The summed E-state index contributed by atoms with van der Waals surface area (Å²) < 4.78 is 10.2. The van der Waals surface area contributed by atoms with E-state index in [-0.39, 0.29) is 11.6 Å². The fraction of sp³-hybridized carbons (Fsp3) is 0.583. The first-order valence-corrected chi connectivity index (χ1v) is 6.11. The van der Waals surface area contributed by atoms with Gasteiger partial charge in [0.15, 0.2) is 12.1 Å². The van der Waals surface area contributed by atoms with Gasteiger partial charge >= 0.3 is 5.97 Å². The van der Waals surface area contributed by atoms with Gasteiger partial charge < -0.3 is 19.6 Å². The molecule has 1 aromatic heterocycles. The third kappa shape index (κ3) is 3.11. The van der Waals surface area contributed by atoms with Crippen molar-refractivity contribution in [2.24, 2.45) is 5.92 Å². The van der Waals surface area contributed by atoms with E-state index in [9.17, 15) is 14.7 Å². The number of carbonyl (C=O) groups is 2. The number of aromatic nitrogens is 1. The van der Waals surface area contributed by atoms with E-state index in [2.05, 4.69) is 10.3 Å². The van der Waals surface area contributed by atoms with Crippen LogP contribution in [0.15, 0.2) is 10.8 Å². The molecule has 0 spiro atoms. The number of aliphatic carboxylic acids is 1. The van der Waals surface area contributed by atoms with Crippen molar-refractivity contribution in [2.45, 2.75) is 25.8 Å². The van der Waals surface area contributed by atoms with Crippen molar-refractivity contribution in [1.29, 1.82) is 0 Å². The summed E-state index contributed by atoms with van der Waals surface area (Å²) in [6, 6.07) is -0.969. The van der Waals surface area contributed by atoms with Crippen LogP contribution in [0.3, 0.4) is 0 Å². The van der Waals surface area contributed by atoms with Gasteiger partial charge in [-0.15, -0.1) is 0 Å². The molecule has 1 fully saturated rings. The maximum absolute atomic E-state index is 11.9. The van der Waals surface area contributed by atoms with Gasteiger partial charge in [0.25, 0.3) is 5.91 Å². The Morgan fingerprint density at radius 3 is 2.89 bits per heavy atom. The highest BCUT2D eigenvalue weighted by atomic mass is 16.5. The van der Waals surface area contributed by atoms with Gasteiger partial charge in [0.05, 0.1) is 6.61 Å². The number of aryl methyl sites for hydroxylation is 1. The zero-order valence-corrected chi connectivity index (χ0v) is 10.6. The summed E-state index contributed by atoms with van der Waals surface area (Å²) in [6.07, 6.45) is 2.67. The van der Waals surface area contributed by atoms with Crippen LogP contribution < -0.4 is 5.32 Å². The number of hydrogen-bond donors (Lipinski definition) is 2. The molecule has 7 heteroatoms. The topological polar surface area (TPSA) is 102 Å². The van der Waals surface area contributed by atoms with Crippen LogP contribution in [0.4, 0.5) is 0 Å². The normalized spacial score (nSPS) is 20.8. The molecule has 0 bridgehead atoms. The molecule has 0 aromatic carbocycles. The zero-order valence-electron chi connectivity index (χ0n) is 10.6. The van der Waals surface area contributed by atoms with Crippen molar-refractivity contribution in [3.8, 4) is 0 Å². The molecule has 0 aliphatic carbocycles. The third-order valence-corrected chi connectivity index (χ3v) is 3.18. The summed E-state index contributed by atoms with van der Waals surface area (Å²) in [4.78, 5) is 27.0. The molecule has 1 aliphatic rings. The molecule has 0 radical (unpaired) electrons. The van der Waals surface area contributed by atoms with E-state index in [1.807, 2.05) is 0 Å². The van der Waals surface area contributed by atoms with Crippen LogP contribution in [-0.4, -0.2) is 41.2 Å². The van der Waals surface area contributed by atoms with Gasteiger partial charge in [-0.1, -0.05) is 0 Å². The fourth-order valence-electron chi connectivity index (χ4n) is 2.14. The monoisotopic (exact) mass is 268 g/mol. The Morgan fingerprint density at radius 1 is 1.58 bits per heavy atom. The molecule has 19 heavy (non-hydrogen) atoms. The lowest BCUT2D eigenvalue weighted by atomic mass is 9.93. The standard InChI is InChI=1S/C12H16N2O5/c1-7-9(13-6-19-7)11(15)14-10(12(16)17)8-3-2-4-18-5-8/h6,8,10H,2-5H2,1H3,(H,14,15)(H,16,17). The quantitative estimate of drug-likeness (QED) is 0.828. The third-order valence-electron chi connectivity index (χ3n) is 3.18. The summed E-state index contributed by atoms with van der Waals surface area (Å²) in [6.45, 7) is 2.58. The summed E-state index contributed by atoms with van der Waals surface area (Å²) in [5.41, 5.74) is 0.114. The molecule has 2 rings (SSSR count). The molecule has 7 nitrogen and oxygen atoms in total. The SMILES string of the molecule is Cc1ocnc1C(=O)NC(C(=O)O)C1CCCOC1. The molecule has 104 valence electrons. The number of carboxylic acids is 1. The van der Waals surface area contributed by atoms with Gasteiger partial charge in [-0.05, 0) is 19.8 Å². The van der Waals surface area contributed by atoms with E-state index in [1.54, 1.807) is 6.92 Å². The average Bonchev–Trinajstić information content (AvgIpc) is 2.82. The van der Waals surface area contributed by atoms with Gasteiger partial charge in [0.2, 0.25) is 0 Å². The van der Waals surface area contributed by atoms with Crippen LogP contribution in [0, 0.1) is 12.8 Å². The number of carbonyl (C=O) groups excluding carboxylic acids is 1. The van der Waals surface area contributed by atoms with Crippen LogP contribution in [0.25, 0.3) is 0 Å². The largest absolute Gasteiger partial charge is 0.480 e. The van der Waals surface area contributed by atoms with Crippen molar-refractivity contribution >= 4 is 11.9 Å². The minimum atomic E-state index is -1.06. The predicted molar refractivity (Wildman–Crippen MR) is 63.7 cm³/mol. The predicted octanol–water partition coefficient (Wildman–Crippen LogP) is 0.593. The van der Waals surface area contributed by atoms with Crippen LogP contribution in [0.1, 0.15) is 29.1 Å². The first-order chi connectivity index (χ1) is 9.09. The lowest BCUT2D eigenvalue weighted by Crippen LogP contribution is -2.48. The average molecular weight is 268 g/mol. The first-order valence-electron chi connectivity index (χ1n) is 6.11. The molecule has 2 unspecified atom stereocenters. The fourth-order valence-corrected chi connectivity index (χ4v) is 2.14. The minimum absolute atomic E-state index is 0.114.